The molecule has 0 bridgehead atoms. The molecule has 0 unspecified atom stereocenters. The van der Waals surface area contributed by atoms with Gasteiger partial charge >= 0.3 is 6.03 Å². The predicted octanol–water partition coefficient (Wildman–Crippen LogP) is 1.24. The third-order valence-corrected chi connectivity index (χ3v) is 3.05. The van der Waals surface area contributed by atoms with Crippen LogP contribution in [0.2, 0.25) is 5.02 Å². The molecule has 0 aromatic heterocycles. The summed E-state index contributed by atoms with van der Waals surface area (Å²) in [5.74, 6) is 0.386. The highest BCUT2D eigenvalue weighted by Crippen LogP contribution is 2.35. The maximum absolute atomic E-state index is 11.7. The van der Waals surface area contributed by atoms with Crippen LogP contribution in [-0.2, 0) is 9.53 Å². The van der Waals surface area contributed by atoms with Gasteiger partial charge in [0, 0.05) is 25.8 Å². The van der Waals surface area contributed by atoms with Crippen LogP contribution in [0.25, 0.3) is 0 Å². The van der Waals surface area contributed by atoms with E-state index < -0.39 is 11.9 Å². The number of rotatable bonds is 8. The van der Waals surface area contributed by atoms with Crippen molar-refractivity contribution >= 4 is 29.2 Å². The van der Waals surface area contributed by atoms with Crippen LogP contribution in [0.3, 0.4) is 0 Å². The fourth-order valence-electron chi connectivity index (χ4n) is 1.66. The lowest BCUT2D eigenvalue weighted by Crippen LogP contribution is -2.42. The molecule has 0 saturated carbocycles. The SMILES string of the molecule is COCCNC(=O)NC(=O)CNc1cc(OC)c(Cl)cc1OC. The lowest BCUT2D eigenvalue weighted by atomic mass is 10.2. The average Bonchev–Trinajstić information content (AvgIpc) is 2.53. The van der Waals surface area contributed by atoms with Gasteiger partial charge in [-0.05, 0) is 0 Å². The first-order valence-corrected chi connectivity index (χ1v) is 7.11. The summed E-state index contributed by atoms with van der Waals surface area (Å²) >= 11 is 6.00. The Hall–Kier alpha value is -2.19. The number of imide groups is 1. The number of nitrogens with one attached hydrogen (secondary N) is 3. The van der Waals surface area contributed by atoms with Crippen molar-refractivity contribution in [2.45, 2.75) is 0 Å². The van der Waals surface area contributed by atoms with Crippen molar-refractivity contribution in [3.8, 4) is 11.5 Å². The molecule has 8 nitrogen and oxygen atoms in total. The van der Waals surface area contributed by atoms with Crippen LogP contribution in [0.1, 0.15) is 0 Å². The maximum Gasteiger partial charge on any atom is 0.321 e. The van der Waals surface area contributed by atoms with Crippen LogP contribution in [0, 0.1) is 0 Å². The smallest absolute Gasteiger partial charge is 0.321 e. The standard InChI is InChI=1S/C14H20ClN3O5/c1-21-5-4-16-14(20)18-13(19)8-17-10-7-11(22-2)9(15)6-12(10)23-3/h6-7,17H,4-5,8H2,1-3H3,(H2,16,18,19,20). The van der Waals surface area contributed by atoms with Gasteiger partial charge in [-0.25, -0.2) is 4.79 Å². The highest BCUT2D eigenvalue weighted by molar-refractivity contribution is 6.32. The number of ether oxygens (including phenoxy) is 3. The normalized spacial score (nSPS) is 9.91. The van der Waals surface area contributed by atoms with Gasteiger partial charge in [0.15, 0.2) is 0 Å². The minimum Gasteiger partial charge on any atom is -0.495 e. The zero-order valence-corrected chi connectivity index (χ0v) is 14.0. The number of benzene rings is 1. The van der Waals surface area contributed by atoms with E-state index in [1.54, 1.807) is 12.1 Å². The van der Waals surface area contributed by atoms with Crippen molar-refractivity contribution in [3.63, 3.8) is 0 Å². The molecule has 9 heteroatoms. The number of anilines is 1. The van der Waals surface area contributed by atoms with Crippen molar-refractivity contribution in [1.29, 1.82) is 0 Å². The highest BCUT2D eigenvalue weighted by atomic mass is 35.5. The fraction of sp³-hybridized carbons (Fsp3) is 0.429. The molecule has 128 valence electrons. The van der Waals surface area contributed by atoms with Crippen LogP contribution < -0.4 is 25.4 Å². The first-order valence-electron chi connectivity index (χ1n) is 6.73. The van der Waals surface area contributed by atoms with Crippen LogP contribution in [0.5, 0.6) is 11.5 Å². The Morgan fingerprint density at radius 3 is 2.43 bits per heavy atom. The lowest BCUT2D eigenvalue weighted by Gasteiger charge is -2.13. The van der Waals surface area contributed by atoms with Gasteiger partial charge in [0.2, 0.25) is 5.91 Å². The molecule has 0 aliphatic carbocycles. The first kappa shape index (κ1) is 18.9. The molecule has 23 heavy (non-hydrogen) atoms. The molecule has 0 fully saturated rings. The number of halogens is 1. The topological polar surface area (TPSA) is 97.9 Å². The lowest BCUT2D eigenvalue weighted by molar-refractivity contribution is -0.118. The van der Waals surface area contributed by atoms with E-state index >= 15 is 0 Å². The molecule has 1 aromatic carbocycles. The van der Waals surface area contributed by atoms with Crippen molar-refractivity contribution < 1.29 is 23.8 Å². The molecule has 1 aromatic rings. The van der Waals surface area contributed by atoms with Gasteiger partial charge in [0.05, 0.1) is 38.1 Å². The fourth-order valence-corrected chi connectivity index (χ4v) is 1.89. The Morgan fingerprint density at radius 2 is 1.83 bits per heavy atom. The third kappa shape index (κ3) is 6.21. The van der Waals surface area contributed by atoms with Crippen molar-refractivity contribution in [1.82, 2.24) is 10.6 Å². The van der Waals surface area contributed by atoms with E-state index in [0.717, 1.165) is 0 Å². The van der Waals surface area contributed by atoms with Gasteiger partial charge in [-0.3, -0.25) is 10.1 Å². The Bertz CT molecular complexity index is 553. The molecular formula is C14H20ClN3O5. The molecule has 0 atom stereocenters. The number of amides is 3. The summed E-state index contributed by atoms with van der Waals surface area (Å²) in [6, 6.07) is 2.58. The number of urea groups is 1. The Kier molecular flexibility index (Phi) is 8.00. The Labute approximate surface area is 139 Å². The van der Waals surface area contributed by atoms with E-state index in [0.29, 0.717) is 35.4 Å². The summed E-state index contributed by atoms with van der Waals surface area (Å²) < 4.78 is 15.1. The summed E-state index contributed by atoms with van der Waals surface area (Å²) in [5.41, 5.74) is 0.517. The van der Waals surface area contributed by atoms with E-state index in [2.05, 4.69) is 16.0 Å². The molecule has 0 aliphatic heterocycles. The van der Waals surface area contributed by atoms with Crippen molar-refractivity contribution in [3.05, 3.63) is 17.2 Å². The van der Waals surface area contributed by atoms with Crippen LogP contribution in [0.15, 0.2) is 12.1 Å². The van der Waals surface area contributed by atoms with Gasteiger partial charge in [0.25, 0.3) is 0 Å². The predicted molar refractivity (Wildman–Crippen MR) is 86.5 cm³/mol. The van der Waals surface area contributed by atoms with Gasteiger partial charge in [0.1, 0.15) is 11.5 Å². The number of hydrogen-bond donors (Lipinski definition) is 3. The number of methoxy groups -OCH3 is 3. The molecule has 0 radical (unpaired) electrons. The Morgan fingerprint density at radius 1 is 1.13 bits per heavy atom. The molecule has 0 spiro atoms. The van der Waals surface area contributed by atoms with E-state index in [1.165, 1.54) is 21.3 Å². The molecule has 0 saturated heterocycles. The van der Waals surface area contributed by atoms with Crippen LogP contribution in [0.4, 0.5) is 10.5 Å². The molecular weight excluding hydrogens is 326 g/mol. The number of carbonyl (C=O) groups is 2. The largest absolute Gasteiger partial charge is 0.495 e. The molecule has 3 amide bonds. The van der Waals surface area contributed by atoms with E-state index in [-0.39, 0.29) is 6.54 Å². The van der Waals surface area contributed by atoms with Gasteiger partial charge in [-0.15, -0.1) is 0 Å². The summed E-state index contributed by atoms with van der Waals surface area (Å²) in [4.78, 5) is 23.1. The van der Waals surface area contributed by atoms with Crippen molar-refractivity contribution in [2.24, 2.45) is 0 Å². The van der Waals surface area contributed by atoms with Crippen LogP contribution in [-0.4, -0.2) is 53.0 Å². The number of carbonyl (C=O) groups excluding carboxylic acids is 2. The molecule has 1 rings (SSSR count). The summed E-state index contributed by atoms with van der Waals surface area (Å²) in [6.45, 7) is 0.547. The zero-order valence-electron chi connectivity index (χ0n) is 13.2. The van der Waals surface area contributed by atoms with Crippen LogP contribution >= 0.6 is 11.6 Å². The van der Waals surface area contributed by atoms with Gasteiger partial charge < -0.3 is 24.8 Å². The molecule has 0 aliphatic rings. The summed E-state index contributed by atoms with van der Waals surface area (Å²) in [5, 5.41) is 7.90. The molecule has 0 heterocycles. The summed E-state index contributed by atoms with van der Waals surface area (Å²) in [6.07, 6.45) is 0. The van der Waals surface area contributed by atoms with Gasteiger partial charge in [-0.1, -0.05) is 11.6 Å². The summed E-state index contributed by atoms with van der Waals surface area (Å²) in [7, 11) is 4.48. The maximum atomic E-state index is 11.7. The second kappa shape index (κ2) is 9.75. The average molecular weight is 346 g/mol. The zero-order chi connectivity index (χ0) is 17.2. The first-order chi connectivity index (χ1) is 11.0. The second-order valence-electron chi connectivity index (χ2n) is 4.34. The van der Waals surface area contributed by atoms with Crippen molar-refractivity contribution in [2.75, 3.05) is 46.3 Å². The van der Waals surface area contributed by atoms with E-state index in [1.807, 2.05) is 0 Å². The third-order valence-electron chi connectivity index (χ3n) is 2.76. The Balaban J connectivity index is 2.57. The van der Waals surface area contributed by atoms with Gasteiger partial charge in [-0.2, -0.15) is 0 Å². The highest BCUT2D eigenvalue weighted by Gasteiger charge is 2.12. The van der Waals surface area contributed by atoms with E-state index in [9.17, 15) is 9.59 Å². The number of hydrogen-bond acceptors (Lipinski definition) is 6. The molecule has 3 N–H and O–H groups in total. The minimum absolute atomic E-state index is 0.126. The quantitative estimate of drug-likeness (QED) is 0.613. The minimum atomic E-state index is -0.588. The monoisotopic (exact) mass is 345 g/mol. The van der Waals surface area contributed by atoms with E-state index in [4.69, 9.17) is 25.8 Å². The second-order valence-corrected chi connectivity index (χ2v) is 4.74.